The zero-order valence-corrected chi connectivity index (χ0v) is 15.0. The van der Waals surface area contributed by atoms with Crippen LogP contribution in [0.2, 0.25) is 0 Å². The summed E-state index contributed by atoms with van der Waals surface area (Å²) in [7, 11) is 0. The zero-order valence-electron chi connectivity index (χ0n) is 15.0. The lowest BCUT2D eigenvalue weighted by Crippen LogP contribution is -2.51. The average molecular weight is 346 g/mol. The molecule has 4 bridgehead atoms. The highest BCUT2D eigenvalue weighted by molar-refractivity contribution is 5.75. The van der Waals surface area contributed by atoms with Gasteiger partial charge in [0.2, 0.25) is 5.91 Å². The van der Waals surface area contributed by atoms with Crippen LogP contribution in [0, 0.1) is 47.1 Å². The number of aryl methyl sites for hydroxylation is 1. The van der Waals surface area contributed by atoms with E-state index in [1.807, 2.05) is 0 Å². The molecule has 0 radical (unpaired) electrons. The number of nitrogens with zero attached hydrogens (tertiary/aromatic N) is 3. The third kappa shape index (κ3) is 2.93. The number of hydrogen-bond donors (Lipinski definition) is 1. The number of rotatable bonds is 5. The molecule has 1 heterocycles. The van der Waals surface area contributed by atoms with Crippen molar-refractivity contribution in [3.63, 3.8) is 0 Å². The Balaban J connectivity index is 1.39. The summed E-state index contributed by atoms with van der Waals surface area (Å²) in [6.07, 6.45) is 7.94. The summed E-state index contributed by atoms with van der Waals surface area (Å²) in [5.41, 5.74) is 1.10. The van der Waals surface area contributed by atoms with Crippen molar-refractivity contribution in [2.24, 2.45) is 23.2 Å². The van der Waals surface area contributed by atoms with Gasteiger partial charge in [-0.3, -0.25) is 19.6 Å². The van der Waals surface area contributed by atoms with Crippen LogP contribution in [-0.4, -0.2) is 27.2 Å². The number of aromatic nitrogens is 2. The summed E-state index contributed by atoms with van der Waals surface area (Å²) in [5.74, 6) is 2.49. The Kier molecular flexibility index (Phi) is 3.85. The second kappa shape index (κ2) is 5.81. The Labute approximate surface area is 147 Å². The zero-order chi connectivity index (χ0) is 17.8. The predicted molar refractivity (Wildman–Crippen MR) is 92.0 cm³/mol. The van der Waals surface area contributed by atoms with Crippen LogP contribution in [0.25, 0.3) is 0 Å². The van der Waals surface area contributed by atoms with Crippen LogP contribution in [0.1, 0.15) is 49.9 Å². The van der Waals surface area contributed by atoms with E-state index in [-0.39, 0.29) is 18.1 Å². The first kappa shape index (κ1) is 16.5. The SMILES string of the molecule is Cc1nn(CC(=O)NCC23CC4CC(CC(C4)C2)C3)c(C)c1[N+](=O)[O-]. The van der Waals surface area contributed by atoms with Crippen molar-refractivity contribution in [2.45, 2.75) is 58.9 Å². The molecule has 0 atom stereocenters. The molecule has 4 aliphatic carbocycles. The Morgan fingerprint density at radius 3 is 2.28 bits per heavy atom. The molecule has 4 saturated carbocycles. The second-order valence-corrected chi connectivity index (χ2v) is 8.63. The maximum atomic E-state index is 12.4. The molecular formula is C18H26N4O3. The lowest BCUT2D eigenvalue weighted by molar-refractivity contribution is -0.386. The van der Waals surface area contributed by atoms with Crippen LogP contribution in [0.5, 0.6) is 0 Å². The van der Waals surface area contributed by atoms with Crippen LogP contribution < -0.4 is 5.32 Å². The molecule has 1 N–H and O–H groups in total. The largest absolute Gasteiger partial charge is 0.354 e. The van der Waals surface area contributed by atoms with E-state index in [1.54, 1.807) is 13.8 Å². The molecule has 4 fully saturated rings. The van der Waals surface area contributed by atoms with Gasteiger partial charge >= 0.3 is 5.69 Å². The minimum absolute atomic E-state index is 0.00823. The van der Waals surface area contributed by atoms with E-state index in [0.29, 0.717) is 16.8 Å². The summed E-state index contributed by atoms with van der Waals surface area (Å²) in [6, 6.07) is 0. The summed E-state index contributed by atoms with van der Waals surface area (Å²) >= 11 is 0. The van der Waals surface area contributed by atoms with Gasteiger partial charge in [-0.25, -0.2) is 0 Å². The lowest BCUT2D eigenvalue weighted by Gasteiger charge is -2.56. The fraction of sp³-hybridized carbons (Fsp3) is 0.778. The van der Waals surface area contributed by atoms with Crippen LogP contribution in [0.3, 0.4) is 0 Å². The van der Waals surface area contributed by atoms with Gasteiger partial charge in [-0.2, -0.15) is 5.10 Å². The van der Waals surface area contributed by atoms with Crippen molar-refractivity contribution in [1.29, 1.82) is 0 Å². The standard InChI is InChI=1S/C18H26N4O3/c1-11-17(22(24)25)12(2)21(20-11)9-16(23)19-10-18-6-13-3-14(7-18)5-15(4-13)8-18/h13-15H,3-10H2,1-2H3,(H,19,23). The highest BCUT2D eigenvalue weighted by Crippen LogP contribution is 2.59. The summed E-state index contributed by atoms with van der Waals surface area (Å²) < 4.78 is 1.45. The molecule has 7 heteroatoms. The fourth-order valence-corrected chi connectivity index (χ4v) is 6.09. The molecule has 0 aliphatic heterocycles. The predicted octanol–water partition coefficient (Wildman–Crippen LogP) is 2.74. The van der Waals surface area contributed by atoms with E-state index in [9.17, 15) is 14.9 Å². The Morgan fingerprint density at radius 2 is 1.80 bits per heavy atom. The molecular weight excluding hydrogens is 320 g/mol. The minimum atomic E-state index is -0.429. The maximum Gasteiger partial charge on any atom is 0.312 e. The number of carbonyl (C=O) groups excluding carboxylic acids is 1. The van der Waals surface area contributed by atoms with Gasteiger partial charge in [0.05, 0.1) is 4.92 Å². The minimum Gasteiger partial charge on any atom is -0.354 e. The average Bonchev–Trinajstić information content (AvgIpc) is 2.78. The quantitative estimate of drug-likeness (QED) is 0.655. The van der Waals surface area contributed by atoms with E-state index in [2.05, 4.69) is 10.4 Å². The van der Waals surface area contributed by atoms with E-state index in [4.69, 9.17) is 0 Å². The molecule has 0 aromatic carbocycles. The highest BCUT2D eigenvalue weighted by atomic mass is 16.6. The monoisotopic (exact) mass is 346 g/mol. The molecule has 7 nitrogen and oxygen atoms in total. The summed E-state index contributed by atoms with van der Waals surface area (Å²) in [6.45, 7) is 4.04. The van der Waals surface area contributed by atoms with E-state index in [0.717, 1.165) is 24.3 Å². The van der Waals surface area contributed by atoms with Gasteiger partial charge in [0, 0.05) is 6.54 Å². The van der Waals surface area contributed by atoms with Gasteiger partial charge in [-0.1, -0.05) is 0 Å². The molecule has 1 aromatic heterocycles. The molecule has 0 unspecified atom stereocenters. The molecule has 25 heavy (non-hydrogen) atoms. The van der Waals surface area contributed by atoms with Gasteiger partial charge in [0.1, 0.15) is 17.9 Å². The maximum absolute atomic E-state index is 12.4. The normalized spacial score (nSPS) is 32.8. The van der Waals surface area contributed by atoms with Crippen LogP contribution in [0.4, 0.5) is 5.69 Å². The fourth-order valence-electron chi connectivity index (χ4n) is 6.09. The number of carbonyl (C=O) groups is 1. The first-order valence-corrected chi connectivity index (χ1v) is 9.30. The first-order chi connectivity index (χ1) is 11.8. The number of nitro groups is 1. The molecule has 1 amide bonds. The van der Waals surface area contributed by atoms with Gasteiger partial charge in [-0.15, -0.1) is 0 Å². The van der Waals surface area contributed by atoms with Crippen molar-refractivity contribution in [3.05, 3.63) is 21.5 Å². The number of nitrogens with one attached hydrogen (secondary N) is 1. The van der Waals surface area contributed by atoms with Gasteiger partial charge < -0.3 is 5.32 Å². The lowest BCUT2D eigenvalue weighted by atomic mass is 9.49. The Bertz CT molecular complexity index is 689. The van der Waals surface area contributed by atoms with E-state index in [1.165, 1.54) is 43.2 Å². The summed E-state index contributed by atoms with van der Waals surface area (Å²) in [5, 5.41) is 18.3. The Hall–Kier alpha value is -1.92. The third-order valence-electron chi connectivity index (χ3n) is 6.64. The topological polar surface area (TPSA) is 90.1 Å². The van der Waals surface area contributed by atoms with Crippen LogP contribution in [-0.2, 0) is 11.3 Å². The van der Waals surface area contributed by atoms with Crippen LogP contribution >= 0.6 is 0 Å². The van der Waals surface area contributed by atoms with Crippen molar-refractivity contribution in [1.82, 2.24) is 15.1 Å². The molecule has 4 aliphatic rings. The molecule has 0 spiro atoms. The Morgan fingerprint density at radius 1 is 1.24 bits per heavy atom. The van der Waals surface area contributed by atoms with Crippen molar-refractivity contribution >= 4 is 11.6 Å². The second-order valence-electron chi connectivity index (χ2n) is 8.63. The van der Waals surface area contributed by atoms with Crippen molar-refractivity contribution in [3.8, 4) is 0 Å². The van der Waals surface area contributed by atoms with E-state index >= 15 is 0 Å². The third-order valence-corrected chi connectivity index (χ3v) is 6.64. The van der Waals surface area contributed by atoms with Gasteiger partial charge in [-0.05, 0) is 75.5 Å². The smallest absolute Gasteiger partial charge is 0.312 e. The molecule has 0 saturated heterocycles. The molecule has 1 aromatic rings. The molecule has 5 rings (SSSR count). The van der Waals surface area contributed by atoms with Crippen molar-refractivity contribution in [2.75, 3.05) is 6.54 Å². The molecule has 136 valence electrons. The highest BCUT2D eigenvalue weighted by Gasteiger charge is 2.50. The number of amides is 1. The summed E-state index contributed by atoms with van der Waals surface area (Å²) in [4.78, 5) is 23.1. The first-order valence-electron chi connectivity index (χ1n) is 9.30. The van der Waals surface area contributed by atoms with Gasteiger partial charge in [0.25, 0.3) is 0 Å². The van der Waals surface area contributed by atoms with E-state index < -0.39 is 4.92 Å². The number of hydrogen-bond acceptors (Lipinski definition) is 4. The van der Waals surface area contributed by atoms with Gasteiger partial charge in [0.15, 0.2) is 0 Å². The van der Waals surface area contributed by atoms with Crippen molar-refractivity contribution < 1.29 is 9.72 Å². The van der Waals surface area contributed by atoms with Crippen LogP contribution in [0.15, 0.2) is 0 Å².